The Morgan fingerprint density at radius 1 is 1.36 bits per heavy atom. The van der Waals surface area contributed by atoms with Crippen LogP contribution in [0, 0.1) is 0 Å². The molecule has 0 aromatic heterocycles. The van der Waals surface area contributed by atoms with E-state index >= 15 is 0 Å². The van der Waals surface area contributed by atoms with Gasteiger partial charge in [-0.1, -0.05) is 6.07 Å². The summed E-state index contributed by atoms with van der Waals surface area (Å²) in [6, 6.07) is 4.82. The van der Waals surface area contributed by atoms with Crippen LogP contribution in [0.25, 0.3) is 0 Å². The molecule has 11 heavy (non-hydrogen) atoms. The van der Waals surface area contributed by atoms with Crippen molar-refractivity contribution in [3.8, 4) is 17.2 Å². The van der Waals surface area contributed by atoms with Gasteiger partial charge in [-0.3, -0.25) is 0 Å². The van der Waals surface area contributed by atoms with Gasteiger partial charge in [0.1, 0.15) is 0 Å². The second-order valence-electron chi connectivity index (χ2n) is 1.92. The second-order valence-corrected chi connectivity index (χ2v) is 1.92. The molecule has 0 heterocycles. The first-order valence-electron chi connectivity index (χ1n) is 3.02. The van der Waals surface area contributed by atoms with E-state index in [0.717, 1.165) is 0 Å². The maximum Gasteiger partial charge on any atom is 0.203 e. The van der Waals surface area contributed by atoms with Gasteiger partial charge in [-0.15, -0.1) is 0 Å². The van der Waals surface area contributed by atoms with Crippen LogP contribution < -0.4 is 15.5 Å². The summed E-state index contributed by atoms with van der Waals surface area (Å²) in [5, 5.41) is 9.26. The SMILES string of the molecule is COc1cccc(ON)c1O. The number of benzene rings is 1. The van der Waals surface area contributed by atoms with Crippen molar-refractivity contribution in [2.24, 2.45) is 5.90 Å². The molecule has 0 amide bonds. The molecule has 0 bridgehead atoms. The van der Waals surface area contributed by atoms with E-state index in [4.69, 9.17) is 10.6 Å². The van der Waals surface area contributed by atoms with Crippen molar-refractivity contribution in [1.82, 2.24) is 0 Å². The van der Waals surface area contributed by atoms with Gasteiger partial charge in [0.2, 0.25) is 5.75 Å². The maximum atomic E-state index is 9.26. The van der Waals surface area contributed by atoms with Gasteiger partial charge in [0.25, 0.3) is 0 Å². The predicted molar refractivity (Wildman–Crippen MR) is 39.5 cm³/mol. The molecule has 4 nitrogen and oxygen atoms in total. The smallest absolute Gasteiger partial charge is 0.203 e. The number of aromatic hydroxyl groups is 1. The highest BCUT2D eigenvalue weighted by Crippen LogP contribution is 2.34. The van der Waals surface area contributed by atoms with Crippen molar-refractivity contribution in [2.75, 3.05) is 7.11 Å². The van der Waals surface area contributed by atoms with Crippen LogP contribution in [0.3, 0.4) is 0 Å². The minimum absolute atomic E-state index is 0.0856. The molecule has 0 aliphatic carbocycles. The van der Waals surface area contributed by atoms with Crippen LogP contribution in [0.15, 0.2) is 18.2 Å². The standard InChI is InChI=1S/C7H9NO3/c1-10-5-3-2-4-6(11-8)7(5)9/h2-4,9H,8H2,1H3. The maximum absolute atomic E-state index is 9.26. The van der Waals surface area contributed by atoms with Crippen LogP contribution in [-0.4, -0.2) is 12.2 Å². The summed E-state index contributed by atoms with van der Waals surface area (Å²) in [7, 11) is 1.45. The Morgan fingerprint density at radius 3 is 2.55 bits per heavy atom. The van der Waals surface area contributed by atoms with Gasteiger partial charge in [0.05, 0.1) is 7.11 Å². The summed E-state index contributed by atoms with van der Waals surface area (Å²) in [5.74, 6) is 5.31. The molecular weight excluding hydrogens is 146 g/mol. The van der Waals surface area contributed by atoms with Gasteiger partial charge < -0.3 is 14.7 Å². The minimum atomic E-state index is -0.0856. The first-order valence-corrected chi connectivity index (χ1v) is 3.02. The molecule has 0 atom stereocenters. The number of ether oxygens (including phenoxy) is 1. The van der Waals surface area contributed by atoms with Crippen LogP contribution in [0.4, 0.5) is 0 Å². The number of hydrogen-bond donors (Lipinski definition) is 2. The Balaban J connectivity index is 3.10. The lowest BCUT2D eigenvalue weighted by Crippen LogP contribution is -2.02. The monoisotopic (exact) mass is 155 g/mol. The van der Waals surface area contributed by atoms with Crippen molar-refractivity contribution >= 4 is 0 Å². The topological polar surface area (TPSA) is 64.7 Å². The van der Waals surface area contributed by atoms with Crippen molar-refractivity contribution in [1.29, 1.82) is 0 Å². The number of hydrogen-bond acceptors (Lipinski definition) is 4. The van der Waals surface area contributed by atoms with Gasteiger partial charge in [-0.05, 0) is 12.1 Å². The molecule has 0 aliphatic rings. The lowest BCUT2D eigenvalue weighted by Gasteiger charge is -2.05. The van der Waals surface area contributed by atoms with Crippen LogP contribution in [0.2, 0.25) is 0 Å². The van der Waals surface area contributed by atoms with E-state index in [1.54, 1.807) is 12.1 Å². The molecule has 60 valence electrons. The normalized spacial score (nSPS) is 9.27. The quantitative estimate of drug-likeness (QED) is 0.615. The molecule has 1 aromatic rings. The minimum Gasteiger partial charge on any atom is -0.502 e. The van der Waals surface area contributed by atoms with Crippen LogP contribution >= 0.6 is 0 Å². The van der Waals surface area contributed by atoms with E-state index in [0.29, 0.717) is 5.75 Å². The first kappa shape index (κ1) is 7.68. The third-order valence-corrected chi connectivity index (χ3v) is 1.31. The number of phenols is 1. The molecule has 0 fully saturated rings. The Labute approximate surface area is 64.1 Å². The zero-order chi connectivity index (χ0) is 8.27. The summed E-state index contributed by atoms with van der Waals surface area (Å²) in [5.41, 5.74) is 0. The van der Waals surface area contributed by atoms with Crippen molar-refractivity contribution in [2.45, 2.75) is 0 Å². The van der Waals surface area contributed by atoms with Crippen molar-refractivity contribution in [3.63, 3.8) is 0 Å². The fourth-order valence-electron chi connectivity index (χ4n) is 0.762. The van der Waals surface area contributed by atoms with Gasteiger partial charge in [0, 0.05) is 0 Å². The number of methoxy groups -OCH3 is 1. The van der Waals surface area contributed by atoms with Gasteiger partial charge in [-0.2, -0.15) is 5.90 Å². The number of rotatable bonds is 2. The van der Waals surface area contributed by atoms with E-state index in [2.05, 4.69) is 4.84 Å². The van der Waals surface area contributed by atoms with Crippen molar-refractivity contribution in [3.05, 3.63) is 18.2 Å². The third kappa shape index (κ3) is 1.35. The third-order valence-electron chi connectivity index (χ3n) is 1.31. The van der Waals surface area contributed by atoms with E-state index < -0.39 is 0 Å². The summed E-state index contributed by atoms with van der Waals surface area (Å²) in [4.78, 5) is 4.36. The van der Waals surface area contributed by atoms with E-state index in [-0.39, 0.29) is 11.5 Å². The molecular formula is C7H9NO3. The van der Waals surface area contributed by atoms with Gasteiger partial charge >= 0.3 is 0 Å². The molecule has 1 aromatic carbocycles. The highest BCUT2D eigenvalue weighted by molar-refractivity contribution is 5.49. The number of phenolic OH excluding ortho intramolecular Hbond substituents is 1. The largest absolute Gasteiger partial charge is 0.502 e. The molecule has 0 saturated carbocycles. The average Bonchev–Trinajstić information content (AvgIpc) is 2.05. The summed E-state index contributed by atoms with van der Waals surface area (Å²) in [6.45, 7) is 0. The zero-order valence-corrected chi connectivity index (χ0v) is 6.07. The predicted octanol–water partition coefficient (Wildman–Crippen LogP) is 0.653. The summed E-state index contributed by atoms with van der Waals surface area (Å²) in [6.07, 6.45) is 0. The Morgan fingerprint density at radius 2 is 2.00 bits per heavy atom. The zero-order valence-electron chi connectivity index (χ0n) is 6.07. The Hall–Kier alpha value is -1.42. The molecule has 0 aliphatic heterocycles. The highest BCUT2D eigenvalue weighted by atomic mass is 16.6. The van der Waals surface area contributed by atoms with E-state index in [9.17, 15) is 5.11 Å². The molecule has 0 radical (unpaired) electrons. The number of para-hydroxylation sites is 1. The molecule has 1 rings (SSSR count). The lowest BCUT2D eigenvalue weighted by molar-refractivity contribution is 0.300. The molecule has 4 heteroatoms. The molecule has 0 spiro atoms. The lowest BCUT2D eigenvalue weighted by atomic mass is 10.3. The van der Waals surface area contributed by atoms with Gasteiger partial charge in [0.15, 0.2) is 11.5 Å². The molecule has 3 N–H and O–H groups in total. The first-order chi connectivity index (χ1) is 5.29. The van der Waals surface area contributed by atoms with Gasteiger partial charge in [-0.25, -0.2) is 0 Å². The summed E-state index contributed by atoms with van der Waals surface area (Å²) < 4.78 is 4.80. The fourth-order valence-corrected chi connectivity index (χ4v) is 0.762. The summed E-state index contributed by atoms with van der Waals surface area (Å²) >= 11 is 0. The van der Waals surface area contributed by atoms with Crippen LogP contribution in [0.5, 0.6) is 17.2 Å². The van der Waals surface area contributed by atoms with Crippen LogP contribution in [-0.2, 0) is 0 Å². The highest BCUT2D eigenvalue weighted by Gasteiger charge is 2.06. The Bertz CT molecular complexity index is 227. The van der Waals surface area contributed by atoms with E-state index in [1.165, 1.54) is 13.2 Å². The fraction of sp³-hybridized carbons (Fsp3) is 0.143. The Kier molecular flexibility index (Phi) is 2.18. The van der Waals surface area contributed by atoms with E-state index in [1.807, 2.05) is 0 Å². The number of nitrogens with two attached hydrogens (primary N) is 1. The van der Waals surface area contributed by atoms with Crippen LogP contribution in [0.1, 0.15) is 0 Å². The molecule has 0 saturated heterocycles. The van der Waals surface area contributed by atoms with Crippen molar-refractivity contribution < 1.29 is 14.7 Å². The molecule has 0 unspecified atom stereocenters. The second kappa shape index (κ2) is 3.12. The average molecular weight is 155 g/mol.